The number of halogens is 1. The number of para-hydroxylation sites is 2. The number of aliphatic carboxylic acids is 1. The van der Waals surface area contributed by atoms with Gasteiger partial charge in [0.05, 0.1) is 12.2 Å². The van der Waals surface area contributed by atoms with Crippen LogP contribution in [0.4, 0.5) is 11.4 Å². The number of hydrogen-bond donors (Lipinski definition) is 2. The Bertz CT molecular complexity index is 1150. The van der Waals surface area contributed by atoms with Gasteiger partial charge in [-0.05, 0) is 43.3 Å². The van der Waals surface area contributed by atoms with E-state index in [9.17, 15) is 9.59 Å². The van der Waals surface area contributed by atoms with Gasteiger partial charge in [0.25, 0.3) is 5.91 Å². The van der Waals surface area contributed by atoms with Crippen molar-refractivity contribution in [2.45, 2.75) is 13.1 Å². The first-order valence-corrected chi connectivity index (χ1v) is 10.8. The number of benzene rings is 3. The minimum Gasteiger partial charge on any atom is -0.490 e. The van der Waals surface area contributed by atoms with Crippen molar-refractivity contribution >= 4 is 39.2 Å². The number of carboxylic acids is 1. The van der Waals surface area contributed by atoms with Crippen LogP contribution in [0.25, 0.3) is 0 Å². The number of amides is 1. The Hall–Kier alpha value is -3.52. The first-order valence-electron chi connectivity index (χ1n) is 10.0. The lowest BCUT2D eigenvalue weighted by Crippen LogP contribution is -2.43. The fraction of sp³-hybridized carbons (Fsp3) is 0.167. The molecule has 1 aliphatic rings. The van der Waals surface area contributed by atoms with Gasteiger partial charge in [0, 0.05) is 21.4 Å². The maximum Gasteiger partial charge on any atom is 0.341 e. The van der Waals surface area contributed by atoms with Crippen LogP contribution in [-0.2, 0) is 4.79 Å². The van der Waals surface area contributed by atoms with Gasteiger partial charge in [-0.3, -0.25) is 9.69 Å². The van der Waals surface area contributed by atoms with E-state index < -0.39 is 18.7 Å². The normalized spacial score (nSPS) is 15.0. The molecule has 0 aromatic heterocycles. The highest BCUT2D eigenvalue weighted by molar-refractivity contribution is 9.10. The summed E-state index contributed by atoms with van der Waals surface area (Å²) in [4.78, 5) is 26.2. The number of hydrogen-bond acceptors (Lipinski definition) is 5. The minimum absolute atomic E-state index is 0.133. The van der Waals surface area contributed by atoms with Crippen LogP contribution < -0.4 is 19.7 Å². The van der Waals surface area contributed by atoms with Crippen LogP contribution in [0.3, 0.4) is 0 Å². The molecule has 0 spiro atoms. The monoisotopic (exact) mass is 496 g/mol. The van der Waals surface area contributed by atoms with Gasteiger partial charge in [0.2, 0.25) is 0 Å². The molecule has 0 aliphatic carbocycles. The van der Waals surface area contributed by atoms with E-state index >= 15 is 0 Å². The molecular weight excluding hydrogens is 476 g/mol. The predicted octanol–water partition coefficient (Wildman–Crippen LogP) is 5.08. The van der Waals surface area contributed by atoms with Crippen LogP contribution in [-0.4, -0.2) is 30.2 Å². The van der Waals surface area contributed by atoms with Gasteiger partial charge in [-0.25, -0.2) is 4.79 Å². The van der Waals surface area contributed by atoms with Gasteiger partial charge in [-0.2, -0.15) is 0 Å². The van der Waals surface area contributed by atoms with Gasteiger partial charge < -0.3 is 19.9 Å². The van der Waals surface area contributed by atoms with Gasteiger partial charge in [0.1, 0.15) is 6.17 Å². The minimum atomic E-state index is -1.08. The van der Waals surface area contributed by atoms with Crippen molar-refractivity contribution in [3.63, 3.8) is 0 Å². The summed E-state index contributed by atoms with van der Waals surface area (Å²) in [5.41, 5.74) is 2.78. The molecule has 0 radical (unpaired) electrons. The lowest BCUT2D eigenvalue weighted by atomic mass is 10.0. The summed E-state index contributed by atoms with van der Waals surface area (Å²) in [7, 11) is 0. The number of nitrogens with zero attached hydrogens (tertiary/aromatic N) is 1. The Balaban J connectivity index is 1.83. The molecule has 0 fully saturated rings. The third-order valence-corrected chi connectivity index (χ3v) is 5.66. The molecule has 3 aromatic rings. The number of rotatable bonds is 7. The van der Waals surface area contributed by atoms with E-state index in [0.717, 1.165) is 16.9 Å². The number of nitrogens with one attached hydrogen (secondary N) is 1. The van der Waals surface area contributed by atoms with E-state index in [0.29, 0.717) is 28.1 Å². The van der Waals surface area contributed by atoms with E-state index in [4.69, 9.17) is 14.6 Å². The van der Waals surface area contributed by atoms with Crippen LogP contribution in [0, 0.1) is 0 Å². The Morgan fingerprint density at radius 1 is 1.06 bits per heavy atom. The van der Waals surface area contributed by atoms with Gasteiger partial charge in [-0.15, -0.1) is 0 Å². The number of carboxylic acid groups (broad SMARTS) is 1. The zero-order chi connectivity index (χ0) is 22.7. The topological polar surface area (TPSA) is 88.1 Å². The molecular formula is C24H21BrN2O5. The number of carbonyl (C=O) groups excluding carboxylic acids is 1. The summed E-state index contributed by atoms with van der Waals surface area (Å²) in [6, 6.07) is 20.2. The fourth-order valence-electron chi connectivity index (χ4n) is 3.61. The van der Waals surface area contributed by atoms with Gasteiger partial charge in [-0.1, -0.05) is 46.3 Å². The van der Waals surface area contributed by atoms with Crippen LogP contribution in [0.15, 0.2) is 71.2 Å². The van der Waals surface area contributed by atoms with Crippen LogP contribution in [0.2, 0.25) is 0 Å². The third-order valence-electron chi connectivity index (χ3n) is 4.97. The number of carbonyl (C=O) groups is 2. The molecule has 1 aliphatic heterocycles. The predicted molar refractivity (Wildman–Crippen MR) is 124 cm³/mol. The molecule has 8 heteroatoms. The van der Waals surface area contributed by atoms with Crippen molar-refractivity contribution in [2.24, 2.45) is 0 Å². The molecule has 7 nitrogen and oxygen atoms in total. The molecule has 1 amide bonds. The second-order valence-corrected chi connectivity index (χ2v) is 7.89. The van der Waals surface area contributed by atoms with Crippen molar-refractivity contribution in [3.05, 3.63) is 82.3 Å². The molecule has 0 saturated carbocycles. The zero-order valence-corrected chi connectivity index (χ0v) is 18.8. The average Bonchev–Trinajstić information content (AvgIpc) is 2.79. The number of ether oxygens (including phenoxy) is 2. The molecule has 1 atom stereocenters. The standard InChI is InChI=1S/C24H21BrN2O5/c1-2-31-20-12-17(18(25)13-21(20)32-14-22(28)29)23-26-19-11-7-6-10-16(19)24(30)27(23)15-8-4-3-5-9-15/h3-13,23,26H,2,14H2,1H3,(H,28,29)/t23-/m0/s1. The van der Waals surface area contributed by atoms with Crippen LogP contribution in [0.1, 0.15) is 29.0 Å². The van der Waals surface area contributed by atoms with Crippen molar-refractivity contribution in [1.82, 2.24) is 0 Å². The van der Waals surface area contributed by atoms with Crippen molar-refractivity contribution < 1.29 is 24.2 Å². The fourth-order valence-corrected chi connectivity index (χ4v) is 4.15. The van der Waals surface area contributed by atoms with Crippen molar-refractivity contribution in [1.29, 1.82) is 0 Å². The second kappa shape index (κ2) is 9.32. The van der Waals surface area contributed by atoms with E-state index in [-0.39, 0.29) is 5.91 Å². The smallest absolute Gasteiger partial charge is 0.341 e. The highest BCUT2D eigenvalue weighted by Gasteiger charge is 2.35. The summed E-state index contributed by atoms with van der Waals surface area (Å²) in [5.74, 6) is -0.516. The molecule has 1 heterocycles. The number of fused-ring (bicyclic) bond motifs is 1. The summed E-state index contributed by atoms with van der Waals surface area (Å²) in [6.45, 7) is 1.71. The van der Waals surface area contributed by atoms with E-state index in [1.54, 1.807) is 23.1 Å². The Morgan fingerprint density at radius 3 is 2.47 bits per heavy atom. The quantitative estimate of drug-likeness (QED) is 0.474. The molecule has 3 aromatic carbocycles. The van der Waals surface area contributed by atoms with E-state index in [1.807, 2.05) is 55.5 Å². The summed E-state index contributed by atoms with van der Waals surface area (Å²) < 4.78 is 11.8. The average molecular weight is 497 g/mol. The second-order valence-electron chi connectivity index (χ2n) is 7.04. The SMILES string of the molecule is CCOc1cc([C@H]2Nc3ccccc3C(=O)N2c2ccccc2)c(Br)cc1OCC(=O)O. The summed E-state index contributed by atoms with van der Waals surface area (Å²) in [5, 5.41) is 12.4. The van der Waals surface area contributed by atoms with E-state index in [1.165, 1.54) is 0 Å². The Morgan fingerprint density at radius 2 is 1.75 bits per heavy atom. The maximum absolute atomic E-state index is 13.5. The van der Waals surface area contributed by atoms with Gasteiger partial charge >= 0.3 is 5.97 Å². The summed E-state index contributed by atoms with van der Waals surface area (Å²) >= 11 is 3.57. The Kier molecular flexibility index (Phi) is 6.32. The lowest BCUT2D eigenvalue weighted by Gasteiger charge is -2.38. The summed E-state index contributed by atoms with van der Waals surface area (Å²) in [6.07, 6.45) is -0.540. The molecule has 0 bridgehead atoms. The van der Waals surface area contributed by atoms with E-state index in [2.05, 4.69) is 21.2 Å². The lowest BCUT2D eigenvalue weighted by molar-refractivity contribution is -0.139. The van der Waals surface area contributed by atoms with Crippen molar-refractivity contribution in [2.75, 3.05) is 23.4 Å². The van der Waals surface area contributed by atoms with Crippen LogP contribution >= 0.6 is 15.9 Å². The molecule has 2 N–H and O–H groups in total. The van der Waals surface area contributed by atoms with Crippen molar-refractivity contribution in [3.8, 4) is 11.5 Å². The molecule has 32 heavy (non-hydrogen) atoms. The van der Waals surface area contributed by atoms with Crippen LogP contribution in [0.5, 0.6) is 11.5 Å². The first-order chi connectivity index (χ1) is 15.5. The largest absolute Gasteiger partial charge is 0.490 e. The number of anilines is 2. The maximum atomic E-state index is 13.5. The molecule has 0 saturated heterocycles. The van der Waals surface area contributed by atoms with Gasteiger partial charge in [0.15, 0.2) is 18.1 Å². The molecule has 4 rings (SSSR count). The third kappa shape index (κ3) is 4.27. The Labute approximate surface area is 193 Å². The highest BCUT2D eigenvalue weighted by atomic mass is 79.9. The molecule has 0 unspecified atom stereocenters. The highest BCUT2D eigenvalue weighted by Crippen LogP contribution is 2.42. The first kappa shape index (κ1) is 21.7. The molecule has 164 valence electrons. The zero-order valence-electron chi connectivity index (χ0n) is 17.2.